The highest BCUT2D eigenvalue weighted by Crippen LogP contribution is 2.24. The van der Waals surface area contributed by atoms with Crippen LogP contribution in [0.15, 0.2) is 53.7 Å². The molecule has 1 atom stereocenters. The first-order chi connectivity index (χ1) is 12.8. The number of amides is 1. The number of carbonyl (C=O) groups excluding carboxylic acids is 1. The second kappa shape index (κ2) is 7.49. The monoisotopic (exact) mass is 352 g/mol. The molecule has 1 aliphatic rings. The zero-order valence-electron chi connectivity index (χ0n) is 14.3. The maximum Gasteiger partial charge on any atom is 0.271 e. The van der Waals surface area contributed by atoms with E-state index in [1.807, 2.05) is 24.4 Å². The number of hydrogen-bond acceptors (Lipinski definition) is 6. The predicted molar refractivity (Wildman–Crippen MR) is 93.1 cm³/mol. The van der Waals surface area contributed by atoms with Gasteiger partial charge in [-0.05, 0) is 24.6 Å². The van der Waals surface area contributed by atoms with Gasteiger partial charge in [0.25, 0.3) is 5.91 Å². The summed E-state index contributed by atoms with van der Waals surface area (Å²) in [6.45, 7) is 3.01. The highest BCUT2D eigenvalue weighted by atomic mass is 16.3. The lowest BCUT2D eigenvalue weighted by atomic mass is 10.1. The molecule has 4 rings (SSSR count). The van der Waals surface area contributed by atoms with Gasteiger partial charge in [-0.2, -0.15) is 5.10 Å². The van der Waals surface area contributed by atoms with Crippen molar-refractivity contribution in [3.05, 3.63) is 66.4 Å². The van der Waals surface area contributed by atoms with E-state index in [1.54, 1.807) is 12.5 Å². The first-order valence-electron chi connectivity index (χ1n) is 8.61. The Labute approximate surface area is 150 Å². The minimum Gasteiger partial charge on any atom is -0.468 e. The van der Waals surface area contributed by atoms with Gasteiger partial charge in [-0.1, -0.05) is 0 Å². The SMILES string of the molecule is O=C(NCCC1CN(Cc2ccco2)Cc2ccnn21)c1cnccn1. The van der Waals surface area contributed by atoms with Gasteiger partial charge in [-0.3, -0.25) is 19.4 Å². The van der Waals surface area contributed by atoms with Crippen LogP contribution in [0.1, 0.15) is 34.4 Å². The quantitative estimate of drug-likeness (QED) is 0.725. The summed E-state index contributed by atoms with van der Waals surface area (Å²) in [5, 5.41) is 7.37. The van der Waals surface area contributed by atoms with Crippen LogP contribution in [0.4, 0.5) is 0 Å². The molecule has 4 heterocycles. The van der Waals surface area contributed by atoms with E-state index in [4.69, 9.17) is 4.42 Å². The third-order valence-corrected chi connectivity index (χ3v) is 4.47. The standard InChI is InChI=1S/C18H20N6O2/c25-18(17-10-19-7-8-20-17)21-5-3-14-11-23(13-16-2-1-9-26-16)12-15-4-6-22-24(14)15/h1-2,4,6-10,14H,3,5,11-13H2,(H,21,25). The predicted octanol–water partition coefficient (Wildman–Crippen LogP) is 1.64. The molecule has 8 nitrogen and oxygen atoms in total. The molecule has 0 fully saturated rings. The van der Waals surface area contributed by atoms with Crippen LogP contribution in [0.25, 0.3) is 0 Å². The molecule has 3 aromatic heterocycles. The molecule has 0 aromatic carbocycles. The summed E-state index contributed by atoms with van der Waals surface area (Å²) in [4.78, 5) is 22.4. The molecule has 1 aliphatic heterocycles. The van der Waals surface area contributed by atoms with Crippen molar-refractivity contribution in [1.29, 1.82) is 0 Å². The summed E-state index contributed by atoms with van der Waals surface area (Å²) >= 11 is 0. The minimum atomic E-state index is -0.206. The Hall–Kier alpha value is -3.00. The van der Waals surface area contributed by atoms with Gasteiger partial charge >= 0.3 is 0 Å². The van der Waals surface area contributed by atoms with Gasteiger partial charge in [0.2, 0.25) is 0 Å². The molecule has 0 radical (unpaired) electrons. The molecule has 1 N–H and O–H groups in total. The van der Waals surface area contributed by atoms with Crippen molar-refractivity contribution in [1.82, 2.24) is 30.0 Å². The van der Waals surface area contributed by atoms with E-state index in [0.717, 1.165) is 31.8 Å². The van der Waals surface area contributed by atoms with E-state index in [0.29, 0.717) is 12.2 Å². The largest absolute Gasteiger partial charge is 0.468 e. The van der Waals surface area contributed by atoms with E-state index < -0.39 is 0 Å². The van der Waals surface area contributed by atoms with Crippen molar-refractivity contribution in [2.24, 2.45) is 0 Å². The van der Waals surface area contributed by atoms with Gasteiger partial charge in [-0.25, -0.2) is 4.98 Å². The lowest BCUT2D eigenvalue weighted by molar-refractivity contribution is 0.0941. The second-order valence-corrected chi connectivity index (χ2v) is 6.31. The number of nitrogens with one attached hydrogen (secondary N) is 1. The van der Waals surface area contributed by atoms with Crippen LogP contribution >= 0.6 is 0 Å². The van der Waals surface area contributed by atoms with Crippen LogP contribution in [-0.4, -0.2) is 43.6 Å². The summed E-state index contributed by atoms with van der Waals surface area (Å²) in [6, 6.07) is 6.13. The maximum absolute atomic E-state index is 12.1. The van der Waals surface area contributed by atoms with Gasteiger partial charge in [0.1, 0.15) is 11.5 Å². The smallest absolute Gasteiger partial charge is 0.271 e. The van der Waals surface area contributed by atoms with Crippen molar-refractivity contribution in [3.63, 3.8) is 0 Å². The minimum absolute atomic E-state index is 0.200. The number of furan rings is 1. The number of hydrogen-bond donors (Lipinski definition) is 1. The first-order valence-corrected chi connectivity index (χ1v) is 8.61. The lowest BCUT2D eigenvalue weighted by Gasteiger charge is -2.33. The zero-order valence-corrected chi connectivity index (χ0v) is 14.3. The number of fused-ring (bicyclic) bond motifs is 1. The van der Waals surface area contributed by atoms with Crippen LogP contribution < -0.4 is 5.32 Å². The zero-order chi connectivity index (χ0) is 17.8. The topological polar surface area (TPSA) is 89.1 Å². The highest BCUT2D eigenvalue weighted by Gasteiger charge is 2.26. The third-order valence-electron chi connectivity index (χ3n) is 4.47. The first kappa shape index (κ1) is 16.5. The third kappa shape index (κ3) is 3.65. The number of nitrogens with zero attached hydrogens (tertiary/aromatic N) is 5. The van der Waals surface area contributed by atoms with Crippen LogP contribution in [0.3, 0.4) is 0 Å². The normalized spacial score (nSPS) is 17.0. The highest BCUT2D eigenvalue weighted by molar-refractivity contribution is 5.91. The summed E-state index contributed by atoms with van der Waals surface area (Å²) in [6.07, 6.45) is 8.84. The van der Waals surface area contributed by atoms with Crippen molar-refractivity contribution < 1.29 is 9.21 Å². The van der Waals surface area contributed by atoms with Crippen molar-refractivity contribution in [2.75, 3.05) is 13.1 Å². The van der Waals surface area contributed by atoms with E-state index in [9.17, 15) is 4.79 Å². The van der Waals surface area contributed by atoms with Crippen LogP contribution in [0, 0.1) is 0 Å². The fourth-order valence-electron chi connectivity index (χ4n) is 3.28. The molecule has 1 unspecified atom stereocenters. The Bertz CT molecular complexity index is 846. The molecule has 0 bridgehead atoms. The Morgan fingerprint density at radius 1 is 1.31 bits per heavy atom. The Morgan fingerprint density at radius 3 is 3.08 bits per heavy atom. The van der Waals surface area contributed by atoms with Crippen LogP contribution in [0.5, 0.6) is 0 Å². The molecule has 1 amide bonds. The van der Waals surface area contributed by atoms with E-state index in [2.05, 4.69) is 30.0 Å². The molecule has 134 valence electrons. The van der Waals surface area contributed by atoms with Crippen molar-refractivity contribution >= 4 is 5.91 Å². The van der Waals surface area contributed by atoms with Crippen LogP contribution in [0.2, 0.25) is 0 Å². The molecule has 26 heavy (non-hydrogen) atoms. The van der Waals surface area contributed by atoms with E-state index in [-0.39, 0.29) is 11.9 Å². The average Bonchev–Trinajstić information content (AvgIpc) is 3.34. The van der Waals surface area contributed by atoms with Crippen molar-refractivity contribution in [2.45, 2.75) is 25.6 Å². The fraction of sp³-hybridized carbons (Fsp3) is 0.333. The summed E-state index contributed by atoms with van der Waals surface area (Å²) in [5.74, 6) is 0.745. The molecular weight excluding hydrogens is 332 g/mol. The molecule has 0 aliphatic carbocycles. The molecule has 8 heteroatoms. The van der Waals surface area contributed by atoms with Gasteiger partial charge < -0.3 is 9.73 Å². The second-order valence-electron chi connectivity index (χ2n) is 6.31. The molecular formula is C18H20N6O2. The number of rotatable bonds is 6. The molecule has 0 saturated heterocycles. The van der Waals surface area contributed by atoms with Gasteiger partial charge in [0.05, 0.1) is 30.7 Å². The Balaban J connectivity index is 1.37. The Kier molecular flexibility index (Phi) is 4.74. The maximum atomic E-state index is 12.1. The van der Waals surface area contributed by atoms with Crippen LogP contribution in [-0.2, 0) is 13.1 Å². The molecule has 0 spiro atoms. The van der Waals surface area contributed by atoms with Gasteiger partial charge in [0.15, 0.2) is 0 Å². The average molecular weight is 352 g/mol. The van der Waals surface area contributed by atoms with Gasteiger partial charge in [0, 0.05) is 38.2 Å². The summed E-state index contributed by atoms with van der Waals surface area (Å²) < 4.78 is 7.53. The Morgan fingerprint density at radius 2 is 2.27 bits per heavy atom. The summed E-state index contributed by atoms with van der Waals surface area (Å²) in [7, 11) is 0. The molecule has 3 aromatic rings. The lowest BCUT2D eigenvalue weighted by Crippen LogP contribution is -2.39. The number of carbonyl (C=O) groups is 1. The fourth-order valence-corrected chi connectivity index (χ4v) is 3.28. The summed E-state index contributed by atoms with van der Waals surface area (Å²) in [5.41, 5.74) is 1.50. The molecule has 0 saturated carbocycles. The van der Waals surface area contributed by atoms with Gasteiger partial charge in [-0.15, -0.1) is 0 Å². The van der Waals surface area contributed by atoms with Crippen molar-refractivity contribution in [3.8, 4) is 0 Å². The van der Waals surface area contributed by atoms with E-state index in [1.165, 1.54) is 18.1 Å². The van der Waals surface area contributed by atoms with E-state index >= 15 is 0 Å². The number of aromatic nitrogens is 4.